The van der Waals surface area contributed by atoms with Crippen molar-refractivity contribution in [2.75, 3.05) is 11.1 Å². The number of nitrogens with one attached hydrogen (secondary N) is 2. The third kappa shape index (κ3) is 9.48. The van der Waals surface area contributed by atoms with Gasteiger partial charge < -0.3 is 19.9 Å². The predicted octanol–water partition coefficient (Wildman–Crippen LogP) is 9.17. The van der Waals surface area contributed by atoms with E-state index in [1.807, 2.05) is 110 Å². The van der Waals surface area contributed by atoms with Crippen molar-refractivity contribution in [1.82, 2.24) is 25.1 Å². The number of hydrogen-bond acceptors (Lipinski definition) is 9. The van der Waals surface area contributed by atoms with E-state index in [-0.39, 0.29) is 30.2 Å². The van der Waals surface area contributed by atoms with Gasteiger partial charge in [-0.1, -0.05) is 116 Å². The Balaban J connectivity index is 0.900. The lowest BCUT2D eigenvalue weighted by Crippen LogP contribution is -2.30. The Morgan fingerprint density at radius 1 is 0.906 bits per heavy atom. The highest BCUT2D eigenvalue weighted by Gasteiger charge is 2.21. The molecule has 6 aromatic rings. The molecule has 12 heteroatoms. The van der Waals surface area contributed by atoms with E-state index in [1.165, 1.54) is 72.5 Å². The van der Waals surface area contributed by atoms with Crippen molar-refractivity contribution in [1.29, 1.82) is 0 Å². The number of benzene rings is 4. The summed E-state index contributed by atoms with van der Waals surface area (Å²) in [6, 6.07) is 33.8. The second-order valence-electron chi connectivity index (χ2n) is 13.2. The van der Waals surface area contributed by atoms with Gasteiger partial charge in [0.1, 0.15) is 12.4 Å². The highest BCUT2D eigenvalue weighted by molar-refractivity contribution is 8.01. The Morgan fingerprint density at radius 3 is 2.30 bits per heavy atom. The van der Waals surface area contributed by atoms with Crippen molar-refractivity contribution in [3.05, 3.63) is 126 Å². The molecule has 0 aliphatic heterocycles. The number of fused-ring (bicyclic) bond motifs is 1. The SMILES string of the molecule is C[C@@H](Sc1nnc(COc2ccc(C3CCCCC3)cc2)n1C)C(=O)Nc1ccc2nc(SCC(=O)NC(c3ccccc3)c3ccccc3)sc2c1. The first-order valence-electron chi connectivity index (χ1n) is 17.9. The topological polar surface area (TPSA) is 111 Å². The molecule has 0 radical (unpaired) electrons. The minimum Gasteiger partial charge on any atom is -0.486 e. The fourth-order valence-corrected chi connectivity index (χ4v) is 9.22. The van der Waals surface area contributed by atoms with Crippen LogP contribution in [0.3, 0.4) is 0 Å². The zero-order valence-electron chi connectivity index (χ0n) is 29.7. The van der Waals surface area contributed by atoms with E-state index in [2.05, 4.69) is 33.0 Å². The number of thioether (sulfide) groups is 2. The van der Waals surface area contributed by atoms with Gasteiger partial charge in [-0.3, -0.25) is 9.59 Å². The molecule has 1 aliphatic carbocycles. The van der Waals surface area contributed by atoms with Crippen LogP contribution in [0.1, 0.15) is 73.5 Å². The summed E-state index contributed by atoms with van der Waals surface area (Å²) < 4.78 is 9.63. The molecule has 2 heterocycles. The normalized spacial score (nSPS) is 13.9. The fourth-order valence-electron chi connectivity index (χ4n) is 6.47. The fraction of sp³-hybridized carbons (Fsp3) is 0.293. The molecule has 2 aromatic heterocycles. The minimum absolute atomic E-state index is 0.0756. The van der Waals surface area contributed by atoms with Crippen LogP contribution in [0, 0.1) is 0 Å². The van der Waals surface area contributed by atoms with E-state index in [0.717, 1.165) is 31.4 Å². The Kier molecular flexibility index (Phi) is 12.1. The van der Waals surface area contributed by atoms with Crippen LogP contribution >= 0.6 is 34.9 Å². The van der Waals surface area contributed by atoms with Crippen LogP contribution in [0.2, 0.25) is 0 Å². The molecule has 0 spiro atoms. The quantitative estimate of drug-likeness (QED) is 0.106. The second-order valence-corrected chi connectivity index (χ2v) is 16.7. The maximum Gasteiger partial charge on any atom is 0.237 e. The number of amides is 2. The number of carbonyl (C=O) groups excluding carboxylic acids is 2. The van der Waals surface area contributed by atoms with Crippen LogP contribution in [-0.4, -0.2) is 42.6 Å². The number of thiazole rings is 1. The number of anilines is 1. The molecule has 0 saturated heterocycles. The number of rotatable bonds is 14. The molecule has 0 bridgehead atoms. The van der Waals surface area contributed by atoms with Gasteiger partial charge in [-0.25, -0.2) is 4.98 Å². The first-order valence-corrected chi connectivity index (χ1v) is 20.6. The summed E-state index contributed by atoms with van der Waals surface area (Å²) in [5.74, 6) is 2.17. The summed E-state index contributed by atoms with van der Waals surface area (Å²) in [6.07, 6.45) is 6.52. The number of hydrogen-bond donors (Lipinski definition) is 2. The van der Waals surface area contributed by atoms with Crippen molar-refractivity contribution in [3.63, 3.8) is 0 Å². The van der Waals surface area contributed by atoms with Gasteiger partial charge in [0, 0.05) is 12.7 Å². The summed E-state index contributed by atoms with van der Waals surface area (Å²) in [5.41, 5.74) is 4.95. The lowest BCUT2D eigenvalue weighted by molar-refractivity contribution is -0.119. The van der Waals surface area contributed by atoms with Gasteiger partial charge in [-0.2, -0.15) is 0 Å². The standard InChI is InChI=1S/C41H42N6O3S3/c1-27(52-40-46-45-36(47(40)2)25-50-33-21-18-29(19-22-33)28-12-6-3-7-13-28)39(49)42-32-20-23-34-35(24-32)53-41(43-34)51-26-37(48)44-38(30-14-8-4-9-15-30)31-16-10-5-11-17-31/h4-5,8-11,14-24,27-28,38H,3,6-7,12-13,25-26H2,1-2H3,(H,42,49)(H,44,48)/t27-/m1/s1. The number of nitrogens with zero attached hydrogens (tertiary/aromatic N) is 4. The molecule has 9 nitrogen and oxygen atoms in total. The van der Waals surface area contributed by atoms with Crippen LogP contribution in [0.4, 0.5) is 5.69 Å². The Labute approximate surface area is 322 Å². The zero-order valence-corrected chi connectivity index (χ0v) is 32.2. The lowest BCUT2D eigenvalue weighted by Gasteiger charge is -2.22. The zero-order chi connectivity index (χ0) is 36.6. The van der Waals surface area contributed by atoms with E-state index in [9.17, 15) is 9.59 Å². The first-order chi connectivity index (χ1) is 25.9. The number of ether oxygens (including phenoxy) is 1. The molecule has 1 fully saturated rings. The largest absolute Gasteiger partial charge is 0.486 e. The van der Waals surface area contributed by atoms with Crippen molar-refractivity contribution in [2.24, 2.45) is 7.05 Å². The van der Waals surface area contributed by atoms with Crippen LogP contribution in [0.25, 0.3) is 10.2 Å². The monoisotopic (exact) mass is 762 g/mol. The smallest absolute Gasteiger partial charge is 0.237 e. The molecule has 53 heavy (non-hydrogen) atoms. The van der Waals surface area contributed by atoms with Crippen LogP contribution in [0.5, 0.6) is 5.75 Å². The molecule has 0 unspecified atom stereocenters. The van der Waals surface area contributed by atoms with Crippen molar-refractivity contribution >= 4 is 62.6 Å². The molecule has 1 saturated carbocycles. The van der Waals surface area contributed by atoms with Gasteiger partial charge >= 0.3 is 0 Å². The molecule has 2 N–H and O–H groups in total. The van der Waals surface area contributed by atoms with Gasteiger partial charge in [0.15, 0.2) is 15.3 Å². The lowest BCUT2D eigenvalue weighted by atomic mass is 9.84. The van der Waals surface area contributed by atoms with Crippen LogP contribution < -0.4 is 15.4 Å². The maximum atomic E-state index is 13.2. The third-order valence-electron chi connectivity index (χ3n) is 9.44. The summed E-state index contributed by atoms with van der Waals surface area (Å²) in [7, 11) is 1.89. The van der Waals surface area contributed by atoms with Crippen LogP contribution in [-0.2, 0) is 23.2 Å². The van der Waals surface area contributed by atoms with Crippen LogP contribution in [0.15, 0.2) is 113 Å². The Hall–Kier alpha value is -4.65. The molecule has 1 aliphatic rings. The first kappa shape index (κ1) is 36.7. The van der Waals surface area contributed by atoms with Gasteiger partial charge in [0.25, 0.3) is 0 Å². The predicted molar refractivity (Wildman–Crippen MR) is 215 cm³/mol. The Bertz CT molecular complexity index is 2090. The second kappa shape index (κ2) is 17.5. The average Bonchev–Trinajstić information content (AvgIpc) is 3.78. The summed E-state index contributed by atoms with van der Waals surface area (Å²) in [6.45, 7) is 2.14. The molecule has 7 rings (SSSR count). The Morgan fingerprint density at radius 2 is 1.60 bits per heavy atom. The molecular weight excluding hydrogens is 721 g/mol. The van der Waals surface area contributed by atoms with Gasteiger partial charge in [0.05, 0.1) is 27.3 Å². The number of aromatic nitrogens is 4. The molecule has 2 amide bonds. The minimum atomic E-state index is -0.420. The van der Waals surface area contributed by atoms with Crippen molar-refractivity contribution < 1.29 is 14.3 Å². The highest BCUT2D eigenvalue weighted by atomic mass is 32.2. The highest BCUT2D eigenvalue weighted by Crippen LogP contribution is 2.34. The van der Waals surface area contributed by atoms with Crippen molar-refractivity contribution in [2.45, 2.75) is 72.3 Å². The third-order valence-corrected chi connectivity index (χ3v) is 12.7. The summed E-state index contributed by atoms with van der Waals surface area (Å²) >= 11 is 4.25. The maximum absolute atomic E-state index is 13.2. The molecular formula is C41H42N6O3S3. The van der Waals surface area contributed by atoms with E-state index in [4.69, 9.17) is 9.72 Å². The van der Waals surface area contributed by atoms with E-state index in [0.29, 0.717) is 22.6 Å². The van der Waals surface area contributed by atoms with Gasteiger partial charge in [-0.05, 0) is 72.7 Å². The van der Waals surface area contributed by atoms with Gasteiger partial charge in [-0.15, -0.1) is 21.5 Å². The van der Waals surface area contributed by atoms with E-state index >= 15 is 0 Å². The van der Waals surface area contributed by atoms with Crippen molar-refractivity contribution in [3.8, 4) is 5.75 Å². The van der Waals surface area contributed by atoms with E-state index < -0.39 is 5.25 Å². The summed E-state index contributed by atoms with van der Waals surface area (Å²) in [5, 5.41) is 15.1. The molecule has 1 atom stereocenters. The molecule has 272 valence electrons. The summed E-state index contributed by atoms with van der Waals surface area (Å²) in [4.78, 5) is 31.0. The van der Waals surface area contributed by atoms with Gasteiger partial charge in [0.2, 0.25) is 11.8 Å². The average molecular weight is 763 g/mol. The molecule has 4 aromatic carbocycles. The number of carbonyl (C=O) groups is 2. The van der Waals surface area contributed by atoms with E-state index in [1.54, 1.807) is 0 Å².